The molecular weight excluding hydrogens is 386 g/mol. The van der Waals surface area contributed by atoms with Crippen LogP contribution in [0.1, 0.15) is 17.7 Å². The summed E-state index contributed by atoms with van der Waals surface area (Å²) in [5.41, 5.74) is 6.93. The smallest absolute Gasteiger partial charge is 0.149 e. The highest BCUT2D eigenvalue weighted by atomic mass is 32.1. The molecule has 0 spiro atoms. The third-order valence-corrected chi connectivity index (χ3v) is 5.45. The maximum atomic E-state index is 9.44. The number of aryl methyl sites for hydroxylation is 1. The number of ether oxygens (including phenoxy) is 1. The molecule has 0 bridgehead atoms. The van der Waals surface area contributed by atoms with E-state index in [0.29, 0.717) is 30.3 Å². The molecule has 0 unspecified atom stereocenters. The zero-order valence-corrected chi connectivity index (χ0v) is 17.3. The van der Waals surface area contributed by atoms with E-state index in [9.17, 15) is 5.11 Å². The summed E-state index contributed by atoms with van der Waals surface area (Å²) in [7, 11) is 0. The van der Waals surface area contributed by atoms with Crippen molar-refractivity contribution in [1.82, 2.24) is 15.3 Å². The molecule has 3 heterocycles. The summed E-state index contributed by atoms with van der Waals surface area (Å²) < 4.78 is 5.74. The second-order valence-corrected chi connectivity index (χ2v) is 7.77. The van der Waals surface area contributed by atoms with Gasteiger partial charge in [0, 0.05) is 44.5 Å². The predicted octanol–water partition coefficient (Wildman–Crippen LogP) is 2.32. The van der Waals surface area contributed by atoms with E-state index in [1.807, 2.05) is 25.1 Å². The highest BCUT2D eigenvalue weighted by Gasteiger charge is 2.21. The van der Waals surface area contributed by atoms with Crippen LogP contribution in [0.4, 0.5) is 5.69 Å². The standard InChI is InChI=1S/C21H25N5O2S/c1-15-6-8-22-20-18(7-13-28-21(15)20)23-24-19(29)14-25-9-11-26(12-10-25)16-2-4-17(27)5-3-16/h2-6,8,27H,7,9-14H2,1H3,(H,24,29)/b23-18-. The van der Waals surface area contributed by atoms with Gasteiger partial charge in [0.25, 0.3) is 0 Å². The number of fused-ring (bicyclic) bond motifs is 1. The lowest BCUT2D eigenvalue weighted by atomic mass is 10.1. The molecule has 1 aromatic heterocycles. The number of pyridine rings is 1. The first-order chi connectivity index (χ1) is 14.1. The molecule has 2 aromatic rings. The molecule has 4 rings (SSSR count). The fraction of sp³-hybridized carbons (Fsp3) is 0.381. The van der Waals surface area contributed by atoms with E-state index < -0.39 is 0 Å². The fourth-order valence-corrected chi connectivity index (χ4v) is 3.83. The molecule has 2 aliphatic heterocycles. The first-order valence-corrected chi connectivity index (χ1v) is 10.2. The Kier molecular flexibility index (Phi) is 5.92. The van der Waals surface area contributed by atoms with Gasteiger partial charge in [-0.05, 0) is 42.8 Å². The van der Waals surface area contributed by atoms with Crippen LogP contribution in [-0.4, -0.2) is 65.0 Å². The number of nitrogens with zero attached hydrogens (tertiary/aromatic N) is 4. The van der Waals surface area contributed by atoms with E-state index in [-0.39, 0.29) is 0 Å². The number of rotatable bonds is 4. The summed E-state index contributed by atoms with van der Waals surface area (Å²) in [6.07, 6.45) is 2.49. The van der Waals surface area contributed by atoms with Gasteiger partial charge >= 0.3 is 0 Å². The molecule has 0 amide bonds. The van der Waals surface area contributed by atoms with Gasteiger partial charge < -0.3 is 14.7 Å². The number of thiocarbonyl (C=S) groups is 1. The molecule has 1 aromatic carbocycles. The van der Waals surface area contributed by atoms with Gasteiger partial charge in [-0.3, -0.25) is 15.3 Å². The predicted molar refractivity (Wildman–Crippen MR) is 118 cm³/mol. The zero-order valence-electron chi connectivity index (χ0n) is 16.5. The zero-order chi connectivity index (χ0) is 20.2. The van der Waals surface area contributed by atoms with Gasteiger partial charge in [-0.2, -0.15) is 5.10 Å². The van der Waals surface area contributed by atoms with Crippen molar-refractivity contribution in [3.63, 3.8) is 0 Å². The molecule has 0 saturated carbocycles. The monoisotopic (exact) mass is 411 g/mol. The first-order valence-electron chi connectivity index (χ1n) is 9.80. The summed E-state index contributed by atoms with van der Waals surface area (Å²) >= 11 is 5.51. The minimum atomic E-state index is 0.294. The number of hydrogen-bond acceptors (Lipinski definition) is 7. The second kappa shape index (κ2) is 8.75. The average Bonchev–Trinajstić information content (AvgIpc) is 2.74. The topological polar surface area (TPSA) is 73.2 Å². The molecule has 1 fully saturated rings. The van der Waals surface area contributed by atoms with Gasteiger partial charge in [0.15, 0.2) is 0 Å². The summed E-state index contributed by atoms with van der Waals surface area (Å²) in [5, 5.41) is 14.0. The van der Waals surface area contributed by atoms with Crippen molar-refractivity contribution >= 4 is 28.6 Å². The van der Waals surface area contributed by atoms with Crippen LogP contribution < -0.4 is 15.1 Å². The van der Waals surface area contributed by atoms with Gasteiger partial charge in [0.05, 0.1) is 18.9 Å². The van der Waals surface area contributed by atoms with Crippen molar-refractivity contribution in [2.24, 2.45) is 5.10 Å². The molecule has 8 heteroatoms. The Bertz CT molecular complexity index is 908. The molecule has 0 radical (unpaired) electrons. The number of piperazine rings is 1. The minimum absolute atomic E-state index is 0.294. The number of hydrazone groups is 1. The normalized spacial score (nSPS) is 18.2. The lowest BCUT2D eigenvalue weighted by molar-refractivity contribution is 0.291. The highest BCUT2D eigenvalue weighted by molar-refractivity contribution is 7.80. The lowest BCUT2D eigenvalue weighted by Crippen LogP contribution is -2.48. The Morgan fingerprint density at radius 3 is 2.72 bits per heavy atom. The lowest BCUT2D eigenvalue weighted by Gasteiger charge is -2.36. The van der Waals surface area contributed by atoms with Crippen LogP contribution in [0, 0.1) is 6.92 Å². The van der Waals surface area contributed by atoms with Crippen LogP contribution in [0.15, 0.2) is 41.6 Å². The molecule has 29 heavy (non-hydrogen) atoms. The average molecular weight is 412 g/mol. The minimum Gasteiger partial charge on any atom is -0.508 e. The van der Waals surface area contributed by atoms with Gasteiger partial charge in [-0.15, -0.1) is 0 Å². The molecule has 7 nitrogen and oxygen atoms in total. The summed E-state index contributed by atoms with van der Waals surface area (Å²) in [6, 6.07) is 9.30. The molecule has 0 aliphatic carbocycles. The van der Waals surface area contributed by atoms with Crippen molar-refractivity contribution in [1.29, 1.82) is 0 Å². The molecular formula is C21H25N5O2S. The Balaban J connectivity index is 1.30. The van der Waals surface area contributed by atoms with Crippen molar-refractivity contribution in [3.8, 4) is 11.5 Å². The number of anilines is 1. The summed E-state index contributed by atoms with van der Waals surface area (Å²) in [4.78, 5) is 9.78. The first kappa shape index (κ1) is 19.6. The van der Waals surface area contributed by atoms with Gasteiger partial charge in [0.1, 0.15) is 22.2 Å². The van der Waals surface area contributed by atoms with E-state index in [1.165, 1.54) is 0 Å². The number of aromatic hydroxyl groups is 1. The largest absolute Gasteiger partial charge is 0.508 e. The maximum absolute atomic E-state index is 9.44. The van der Waals surface area contributed by atoms with Crippen molar-refractivity contribution in [3.05, 3.63) is 47.8 Å². The maximum Gasteiger partial charge on any atom is 0.149 e. The number of phenols is 1. The number of nitrogens with one attached hydrogen (secondary N) is 1. The highest BCUT2D eigenvalue weighted by Crippen LogP contribution is 2.26. The molecule has 0 atom stereocenters. The van der Waals surface area contributed by atoms with Crippen LogP contribution >= 0.6 is 12.2 Å². The van der Waals surface area contributed by atoms with Crippen LogP contribution in [0.5, 0.6) is 11.5 Å². The molecule has 2 N–H and O–H groups in total. The van der Waals surface area contributed by atoms with Crippen LogP contribution in [-0.2, 0) is 0 Å². The Morgan fingerprint density at radius 1 is 1.21 bits per heavy atom. The molecule has 1 saturated heterocycles. The van der Waals surface area contributed by atoms with E-state index in [4.69, 9.17) is 17.0 Å². The Hall–Kier alpha value is -2.71. The summed E-state index contributed by atoms with van der Waals surface area (Å²) in [5.74, 6) is 1.11. The third kappa shape index (κ3) is 4.65. The number of phenolic OH excluding ortho intramolecular Hbond substituents is 1. The van der Waals surface area contributed by atoms with Crippen LogP contribution in [0.25, 0.3) is 0 Å². The van der Waals surface area contributed by atoms with E-state index >= 15 is 0 Å². The van der Waals surface area contributed by atoms with Crippen molar-refractivity contribution < 1.29 is 9.84 Å². The Morgan fingerprint density at radius 2 is 1.97 bits per heavy atom. The molecule has 152 valence electrons. The van der Waals surface area contributed by atoms with Crippen molar-refractivity contribution in [2.45, 2.75) is 13.3 Å². The summed E-state index contributed by atoms with van der Waals surface area (Å²) in [6.45, 7) is 7.00. The quantitative estimate of drug-likeness (QED) is 0.591. The van der Waals surface area contributed by atoms with Gasteiger partial charge in [-0.25, -0.2) is 0 Å². The van der Waals surface area contributed by atoms with Crippen LogP contribution in [0.2, 0.25) is 0 Å². The Labute approximate surface area is 176 Å². The van der Waals surface area contributed by atoms with Crippen LogP contribution in [0.3, 0.4) is 0 Å². The van der Waals surface area contributed by atoms with Gasteiger partial charge in [-0.1, -0.05) is 12.2 Å². The number of hydrogen-bond donors (Lipinski definition) is 2. The van der Waals surface area contributed by atoms with Gasteiger partial charge in [0.2, 0.25) is 0 Å². The van der Waals surface area contributed by atoms with E-state index in [2.05, 4.69) is 25.3 Å². The van der Waals surface area contributed by atoms with E-state index in [1.54, 1.807) is 18.3 Å². The van der Waals surface area contributed by atoms with Crippen molar-refractivity contribution in [2.75, 3.05) is 44.2 Å². The SMILES string of the molecule is Cc1ccnc2c1OCC/C2=N/NC(=S)CN1CCN(c2ccc(O)cc2)CC1. The number of aromatic nitrogens is 1. The van der Waals surface area contributed by atoms with E-state index in [0.717, 1.165) is 54.6 Å². The third-order valence-electron chi connectivity index (χ3n) is 5.23. The fourth-order valence-electron chi connectivity index (χ4n) is 3.61. The second-order valence-electron chi connectivity index (χ2n) is 7.28. The number of benzene rings is 1. The molecule has 2 aliphatic rings.